The van der Waals surface area contributed by atoms with E-state index in [1.807, 2.05) is 0 Å². The van der Waals surface area contributed by atoms with Crippen LogP contribution in [0.15, 0.2) is 11.6 Å². The molecule has 0 spiro atoms. The third kappa shape index (κ3) is 3.39. The fourth-order valence-electron chi connectivity index (χ4n) is 1.20. The summed E-state index contributed by atoms with van der Waals surface area (Å²) in [6.45, 7) is 1.64. The first-order valence-corrected chi connectivity index (χ1v) is 5.36. The quantitative estimate of drug-likeness (QED) is 0.733. The first-order chi connectivity index (χ1) is 7.00. The van der Waals surface area contributed by atoms with Gasteiger partial charge in [0.25, 0.3) is 5.24 Å². The van der Waals surface area contributed by atoms with Gasteiger partial charge in [0.2, 0.25) is 5.91 Å². The topological polar surface area (TPSA) is 74.7 Å². The van der Waals surface area contributed by atoms with E-state index in [0.29, 0.717) is 17.7 Å². The molecule has 0 aromatic heterocycles. The SMILES string of the molecule is C/C(=C\C(=O)O)CN1C(=O)CCSC1=O. The van der Waals surface area contributed by atoms with Crippen molar-refractivity contribution in [2.45, 2.75) is 13.3 Å². The Kier molecular flexibility index (Phi) is 3.90. The standard InChI is InChI=1S/C9H11NO4S/c1-6(4-8(12)13)5-10-7(11)2-3-15-9(10)14/h4H,2-3,5H2,1H3,(H,12,13)/b6-4+. The van der Waals surface area contributed by atoms with Gasteiger partial charge in [-0.3, -0.25) is 14.5 Å². The minimum Gasteiger partial charge on any atom is -0.478 e. The highest BCUT2D eigenvalue weighted by molar-refractivity contribution is 8.13. The molecular formula is C9H11NO4S. The largest absolute Gasteiger partial charge is 0.478 e. The molecule has 5 nitrogen and oxygen atoms in total. The molecule has 1 aliphatic heterocycles. The van der Waals surface area contributed by atoms with Gasteiger partial charge in [0, 0.05) is 18.2 Å². The second-order valence-electron chi connectivity index (χ2n) is 3.17. The number of aliphatic carboxylic acids is 1. The second kappa shape index (κ2) is 4.97. The molecule has 0 bridgehead atoms. The smallest absolute Gasteiger partial charge is 0.328 e. The van der Waals surface area contributed by atoms with Gasteiger partial charge in [0.05, 0.1) is 6.54 Å². The summed E-state index contributed by atoms with van der Waals surface area (Å²) in [4.78, 5) is 34.1. The van der Waals surface area contributed by atoms with E-state index in [0.717, 1.165) is 22.7 Å². The summed E-state index contributed by atoms with van der Waals surface area (Å²) in [5.74, 6) is -0.801. The molecule has 6 heteroatoms. The van der Waals surface area contributed by atoms with Crippen LogP contribution < -0.4 is 0 Å². The lowest BCUT2D eigenvalue weighted by molar-refractivity contribution is -0.132. The minimum atomic E-state index is -1.07. The molecule has 1 N–H and O–H groups in total. The van der Waals surface area contributed by atoms with E-state index in [-0.39, 0.29) is 17.7 Å². The predicted octanol–water partition coefficient (Wildman–Crippen LogP) is 1.10. The fourth-order valence-corrected chi connectivity index (χ4v) is 1.97. The Morgan fingerprint density at radius 2 is 2.27 bits per heavy atom. The fraction of sp³-hybridized carbons (Fsp3) is 0.444. The lowest BCUT2D eigenvalue weighted by Gasteiger charge is -2.24. The van der Waals surface area contributed by atoms with Crippen molar-refractivity contribution in [3.63, 3.8) is 0 Å². The number of nitrogens with zero attached hydrogens (tertiary/aromatic N) is 1. The van der Waals surface area contributed by atoms with Crippen LogP contribution in [0, 0.1) is 0 Å². The summed E-state index contributed by atoms with van der Waals surface area (Å²) in [7, 11) is 0. The number of hydrogen-bond donors (Lipinski definition) is 1. The first kappa shape index (κ1) is 11.8. The van der Waals surface area contributed by atoms with E-state index in [9.17, 15) is 14.4 Å². The van der Waals surface area contributed by atoms with Gasteiger partial charge in [-0.25, -0.2) is 4.79 Å². The molecule has 2 amide bonds. The maximum absolute atomic E-state index is 11.3. The zero-order valence-electron chi connectivity index (χ0n) is 8.23. The lowest BCUT2D eigenvalue weighted by Crippen LogP contribution is -2.39. The van der Waals surface area contributed by atoms with Crippen molar-refractivity contribution in [3.05, 3.63) is 11.6 Å². The highest BCUT2D eigenvalue weighted by Crippen LogP contribution is 2.19. The number of hydrogen-bond acceptors (Lipinski definition) is 4. The first-order valence-electron chi connectivity index (χ1n) is 4.38. The third-order valence-corrected chi connectivity index (χ3v) is 2.72. The van der Waals surface area contributed by atoms with E-state index in [2.05, 4.69) is 0 Å². The van der Waals surface area contributed by atoms with Crippen LogP contribution >= 0.6 is 11.8 Å². The molecule has 1 heterocycles. The van der Waals surface area contributed by atoms with Crippen LogP contribution in [0.25, 0.3) is 0 Å². The molecule has 0 aromatic carbocycles. The number of imide groups is 1. The molecule has 1 aliphatic rings. The van der Waals surface area contributed by atoms with Crippen LogP contribution in [-0.2, 0) is 9.59 Å². The second-order valence-corrected chi connectivity index (χ2v) is 4.22. The number of rotatable bonds is 3. The summed E-state index contributed by atoms with van der Waals surface area (Å²) in [6.07, 6.45) is 1.33. The Morgan fingerprint density at radius 3 is 2.80 bits per heavy atom. The van der Waals surface area contributed by atoms with Crippen molar-refractivity contribution in [2.75, 3.05) is 12.3 Å². The summed E-state index contributed by atoms with van der Waals surface area (Å²) >= 11 is 1.08. The number of carbonyl (C=O) groups excluding carboxylic acids is 2. The zero-order chi connectivity index (χ0) is 11.4. The van der Waals surface area contributed by atoms with Crippen LogP contribution in [0.5, 0.6) is 0 Å². The van der Waals surface area contributed by atoms with Gasteiger partial charge in [0.1, 0.15) is 0 Å². The summed E-state index contributed by atoms with van der Waals surface area (Å²) in [6, 6.07) is 0. The van der Waals surface area contributed by atoms with Crippen molar-refractivity contribution in [2.24, 2.45) is 0 Å². The Bertz CT molecular complexity index is 321. The van der Waals surface area contributed by atoms with Crippen LogP contribution in [-0.4, -0.2) is 39.4 Å². The van der Waals surface area contributed by atoms with Gasteiger partial charge in [-0.1, -0.05) is 11.8 Å². The van der Waals surface area contributed by atoms with Gasteiger partial charge < -0.3 is 5.11 Å². The molecular weight excluding hydrogens is 218 g/mol. The van der Waals surface area contributed by atoms with E-state index < -0.39 is 5.97 Å². The maximum atomic E-state index is 11.3. The van der Waals surface area contributed by atoms with Crippen molar-refractivity contribution >= 4 is 28.9 Å². The average Bonchev–Trinajstić information content (AvgIpc) is 2.10. The number of carbonyl (C=O) groups is 3. The van der Waals surface area contributed by atoms with Crippen molar-refractivity contribution < 1.29 is 19.5 Å². The highest BCUT2D eigenvalue weighted by atomic mass is 32.2. The Hall–Kier alpha value is -1.30. The molecule has 0 atom stereocenters. The van der Waals surface area contributed by atoms with Crippen molar-refractivity contribution in [1.82, 2.24) is 4.90 Å². The molecule has 0 aromatic rings. The zero-order valence-corrected chi connectivity index (χ0v) is 9.04. The number of thioether (sulfide) groups is 1. The van der Waals surface area contributed by atoms with Crippen molar-refractivity contribution in [3.8, 4) is 0 Å². The molecule has 0 unspecified atom stereocenters. The number of amides is 2. The van der Waals surface area contributed by atoms with Gasteiger partial charge >= 0.3 is 5.97 Å². The van der Waals surface area contributed by atoms with Gasteiger partial charge in [-0.15, -0.1) is 0 Å². The molecule has 82 valence electrons. The molecule has 0 aliphatic carbocycles. The van der Waals surface area contributed by atoms with Crippen LogP contribution in [0.1, 0.15) is 13.3 Å². The number of carboxylic acid groups (broad SMARTS) is 1. The molecule has 1 fully saturated rings. The lowest BCUT2D eigenvalue weighted by atomic mass is 10.2. The van der Waals surface area contributed by atoms with Gasteiger partial charge in [-0.05, 0) is 12.5 Å². The molecule has 1 saturated heterocycles. The van der Waals surface area contributed by atoms with E-state index in [1.165, 1.54) is 0 Å². The summed E-state index contributed by atoms with van der Waals surface area (Å²) in [5.41, 5.74) is 0.478. The summed E-state index contributed by atoms with van der Waals surface area (Å²) < 4.78 is 0. The molecule has 0 saturated carbocycles. The van der Waals surface area contributed by atoms with Gasteiger partial charge in [-0.2, -0.15) is 0 Å². The molecule has 0 radical (unpaired) electrons. The monoisotopic (exact) mass is 229 g/mol. The molecule has 1 rings (SSSR count). The van der Waals surface area contributed by atoms with E-state index in [1.54, 1.807) is 6.92 Å². The number of carboxylic acids is 1. The molecule has 15 heavy (non-hydrogen) atoms. The highest BCUT2D eigenvalue weighted by Gasteiger charge is 2.26. The minimum absolute atomic E-state index is 0.0664. The Labute approximate surface area is 91.1 Å². The van der Waals surface area contributed by atoms with Crippen molar-refractivity contribution in [1.29, 1.82) is 0 Å². The van der Waals surface area contributed by atoms with Crippen LogP contribution in [0.3, 0.4) is 0 Å². The predicted molar refractivity (Wildman–Crippen MR) is 55.6 cm³/mol. The average molecular weight is 229 g/mol. The van der Waals surface area contributed by atoms with Crippen LogP contribution in [0.4, 0.5) is 4.79 Å². The van der Waals surface area contributed by atoms with E-state index >= 15 is 0 Å². The normalized spacial score (nSPS) is 18.2. The van der Waals surface area contributed by atoms with E-state index in [4.69, 9.17) is 5.11 Å². The Morgan fingerprint density at radius 1 is 1.60 bits per heavy atom. The maximum Gasteiger partial charge on any atom is 0.328 e. The summed E-state index contributed by atoms with van der Waals surface area (Å²) in [5, 5.41) is 8.17. The van der Waals surface area contributed by atoms with Crippen LogP contribution in [0.2, 0.25) is 0 Å². The van der Waals surface area contributed by atoms with Gasteiger partial charge in [0.15, 0.2) is 0 Å². The Balaban J connectivity index is 2.67. The third-order valence-electron chi connectivity index (χ3n) is 1.84.